The lowest BCUT2D eigenvalue weighted by Crippen LogP contribution is -2.52. The molecule has 35 heavy (non-hydrogen) atoms. The van der Waals surface area contributed by atoms with E-state index in [0.717, 1.165) is 31.2 Å². The van der Waals surface area contributed by atoms with E-state index in [-0.39, 0.29) is 28.3 Å². The number of rotatable bonds is 5. The number of fused-ring (bicyclic) bond motifs is 5. The summed E-state index contributed by atoms with van der Waals surface area (Å²) in [6.07, 6.45) is 8.84. The molecule has 5 nitrogen and oxygen atoms in total. The first kappa shape index (κ1) is 25.2. The summed E-state index contributed by atoms with van der Waals surface area (Å²) in [5.41, 5.74) is 3.48. The second-order valence-electron chi connectivity index (χ2n) is 12.1. The van der Waals surface area contributed by atoms with Crippen LogP contribution < -0.4 is 0 Å². The van der Waals surface area contributed by atoms with Gasteiger partial charge in [-0.2, -0.15) is 8.42 Å². The molecule has 0 bridgehead atoms. The summed E-state index contributed by atoms with van der Waals surface area (Å²) >= 11 is 0. The van der Waals surface area contributed by atoms with Crippen LogP contribution >= 0.6 is 0 Å². The maximum absolute atomic E-state index is 12.8. The topological polar surface area (TPSA) is 83.8 Å². The fourth-order valence-corrected chi connectivity index (χ4v) is 9.11. The molecule has 0 radical (unpaired) electrons. The lowest BCUT2D eigenvalue weighted by atomic mass is 9.49. The molecule has 0 heterocycles. The number of aryl methyl sites for hydroxylation is 1. The number of benzene rings is 1. The molecule has 6 heteroatoms. The van der Waals surface area contributed by atoms with Gasteiger partial charge in [-0.3, -0.25) is 4.18 Å². The molecule has 1 aromatic rings. The van der Waals surface area contributed by atoms with Gasteiger partial charge in [0, 0.05) is 11.8 Å². The Morgan fingerprint density at radius 2 is 1.77 bits per heavy atom. The molecule has 4 aliphatic rings. The first-order valence-corrected chi connectivity index (χ1v) is 14.6. The quantitative estimate of drug-likeness (QED) is 0.545. The molecular formula is C29H40O5S. The molecule has 5 rings (SSSR count). The number of hydrogen-bond acceptors (Lipinski definition) is 5. The normalized spacial score (nSPS) is 39.7. The van der Waals surface area contributed by atoms with Crippen LogP contribution in [-0.2, 0) is 14.3 Å². The van der Waals surface area contributed by atoms with E-state index in [1.54, 1.807) is 24.3 Å². The monoisotopic (exact) mass is 500 g/mol. The highest BCUT2D eigenvalue weighted by atomic mass is 32.2. The highest BCUT2D eigenvalue weighted by Crippen LogP contribution is 2.65. The minimum absolute atomic E-state index is 0.0968. The molecule has 3 saturated carbocycles. The van der Waals surface area contributed by atoms with Crippen molar-refractivity contribution in [1.82, 2.24) is 0 Å². The molecule has 1 aromatic carbocycles. The fraction of sp³-hybridized carbons (Fsp3) is 0.655. The van der Waals surface area contributed by atoms with Crippen LogP contribution in [0, 0.1) is 41.4 Å². The molecule has 192 valence electrons. The van der Waals surface area contributed by atoms with Gasteiger partial charge in [-0.15, -0.1) is 0 Å². The van der Waals surface area contributed by atoms with E-state index in [4.69, 9.17) is 4.18 Å². The third kappa shape index (κ3) is 4.05. The molecule has 0 amide bonds. The van der Waals surface area contributed by atoms with Crippen molar-refractivity contribution in [2.75, 3.05) is 6.61 Å². The summed E-state index contributed by atoms with van der Waals surface area (Å²) in [6.45, 7) is 8.86. The van der Waals surface area contributed by atoms with Crippen LogP contribution in [0.1, 0.15) is 64.9 Å². The standard InChI is InChI=1S/C29H40O5S/c1-18-5-8-22(9-6-18)35(32,33)34-17-19(2)24-11-12-25-23-10-7-20-15-21(30)16-27(31)29(20,4)26(23)13-14-28(24,25)3/h5-10,19,21,24-27,30-31H,11-17H2,1-4H3/t19?,21-,24-,25+,26+,27+,28-,29+/m1/s1. The summed E-state index contributed by atoms with van der Waals surface area (Å²) in [6, 6.07) is 6.81. The summed E-state index contributed by atoms with van der Waals surface area (Å²) in [7, 11) is -3.77. The lowest BCUT2D eigenvalue weighted by molar-refractivity contribution is -0.0549. The Kier molecular flexibility index (Phi) is 6.35. The fourth-order valence-electron chi connectivity index (χ4n) is 8.11. The maximum Gasteiger partial charge on any atom is 0.296 e. The van der Waals surface area contributed by atoms with Crippen LogP contribution in [0.25, 0.3) is 0 Å². The highest BCUT2D eigenvalue weighted by molar-refractivity contribution is 7.86. The molecule has 0 aromatic heterocycles. The minimum Gasteiger partial charge on any atom is -0.393 e. The highest BCUT2D eigenvalue weighted by Gasteiger charge is 2.58. The van der Waals surface area contributed by atoms with Crippen LogP contribution in [0.2, 0.25) is 0 Å². The predicted octanol–water partition coefficient (Wildman–Crippen LogP) is 5.17. The van der Waals surface area contributed by atoms with Crippen molar-refractivity contribution in [3.05, 3.63) is 53.1 Å². The van der Waals surface area contributed by atoms with Crippen LogP contribution in [0.5, 0.6) is 0 Å². The van der Waals surface area contributed by atoms with Gasteiger partial charge in [0.25, 0.3) is 10.1 Å². The second-order valence-corrected chi connectivity index (χ2v) is 13.7. The van der Waals surface area contributed by atoms with Gasteiger partial charge in [0.2, 0.25) is 0 Å². The van der Waals surface area contributed by atoms with Crippen molar-refractivity contribution in [3.63, 3.8) is 0 Å². The third-order valence-corrected chi connectivity index (χ3v) is 11.5. The zero-order chi connectivity index (χ0) is 25.2. The summed E-state index contributed by atoms with van der Waals surface area (Å²) in [5.74, 6) is 1.27. The first-order valence-electron chi connectivity index (χ1n) is 13.2. The average molecular weight is 501 g/mol. The zero-order valence-corrected chi connectivity index (χ0v) is 22.2. The lowest BCUT2D eigenvalue weighted by Gasteiger charge is -2.56. The number of aliphatic hydroxyl groups is 2. The van der Waals surface area contributed by atoms with Gasteiger partial charge < -0.3 is 10.2 Å². The van der Waals surface area contributed by atoms with E-state index in [9.17, 15) is 18.6 Å². The van der Waals surface area contributed by atoms with Gasteiger partial charge in [-0.1, -0.05) is 61.8 Å². The maximum atomic E-state index is 12.8. The van der Waals surface area contributed by atoms with Crippen molar-refractivity contribution >= 4 is 10.1 Å². The van der Waals surface area contributed by atoms with Gasteiger partial charge >= 0.3 is 0 Å². The molecule has 0 spiro atoms. The Balaban J connectivity index is 1.33. The van der Waals surface area contributed by atoms with Crippen molar-refractivity contribution < 1.29 is 22.8 Å². The molecule has 4 aliphatic carbocycles. The third-order valence-electron chi connectivity index (χ3n) is 10.2. The largest absolute Gasteiger partial charge is 0.393 e. The molecular weight excluding hydrogens is 460 g/mol. The van der Waals surface area contributed by atoms with E-state index < -0.39 is 22.3 Å². The van der Waals surface area contributed by atoms with Crippen molar-refractivity contribution in [3.8, 4) is 0 Å². The van der Waals surface area contributed by atoms with E-state index in [2.05, 4.69) is 32.9 Å². The smallest absolute Gasteiger partial charge is 0.296 e. The van der Waals surface area contributed by atoms with Crippen molar-refractivity contribution in [2.45, 2.75) is 83.3 Å². The summed E-state index contributed by atoms with van der Waals surface area (Å²) < 4.78 is 31.1. The predicted molar refractivity (Wildman–Crippen MR) is 136 cm³/mol. The van der Waals surface area contributed by atoms with E-state index in [1.807, 2.05) is 6.92 Å². The van der Waals surface area contributed by atoms with Crippen molar-refractivity contribution in [1.29, 1.82) is 0 Å². The molecule has 1 unspecified atom stereocenters. The second kappa shape index (κ2) is 8.83. The minimum atomic E-state index is -3.77. The van der Waals surface area contributed by atoms with Crippen molar-refractivity contribution in [2.24, 2.45) is 34.5 Å². The van der Waals surface area contributed by atoms with Crippen LogP contribution in [-0.4, -0.2) is 37.4 Å². The Labute approximate surface area is 210 Å². The number of hydrogen-bond donors (Lipinski definition) is 2. The van der Waals surface area contributed by atoms with Crippen LogP contribution in [0.15, 0.2) is 52.5 Å². The van der Waals surface area contributed by atoms with Crippen LogP contribution in [0.3, 0.4) is 0 Å². The summed E-state index contributed by atoms with van der Waals surface area (Å²) in [5, 5.41) is 21.3. The van der Waals surface area contributed by atoms with E-state index in [0.29, 0.717) is 30.6 Å². The van der Waals surface area contributed by atoms with Gasteiger partial charge in [0.05, 0.1) is 23.7 Å². The SMILES string of the molecule is Cc1ccc(S(=O)(=O)OCC(C)[C@H]2CC[C@H]3C4=CC=C5C[C@@H](O)C[C@H](O)[C@]5(C)[C@H]4CC[C@]23C)cc1. The van der Waals surface area contributed by atoms with Gasteiger partial charge in [-0.25, -0.2) is 0 Å². The molecule has 8 atom stereocenters. The number of aliphatic hydroxyl groups excluding tert-OH is 2. The Morgan fingerprint density at radius 3 is 2.49 bits per heavy atom. The molecule has 0 saturated heterocycles. The van der Waals surface area contributed by atoms with Gasteiger partial charge in [0.15, 0.2) is 0 Å². The molecule has 2 N–H and O–H groups in total. The Morgan fingerprint density at radius 1 is 1.06 bits per heavy atom. The van der Waals surface area contributed by atoms with E-state index in [1.165, 1.54) is 11.1 Å². The first-order chi connectivity index (χ1) is 16.5. The molecule has 3 fully saturated rings. The van der Waals surface area contributed by atoms with Crippen LogP contribution in [0.4, 0.5) is 0 Å². The Bertz CT molecular complexity index is 1140. The average Bonchev–Trinajstić information content (AvgIpc) is 3.16. The van der Waals surface area contributed by atoms with E-state index >= 15 is 0 Å². The Hall–Kier alpha value is -1.47. The number of allylic oxidation sites excluding steroid dienone is 3. The zero-order valence-electron chi connectivity index (χ0n) is 21.4. The molecule has 0 aliphatic heterocycles. The summed E-state index contributed by atoms with van der Waals surface area (Å²) in [4.78, 5) is 0.214. The van der Waals surface area contributed by atoms with Gasteiger partial charge in [0.1, 0.15) is 0 Å². The van der Waals surface area contributed by atoms with Gasteiger partial charge in [-0.05, 0) is 80.2 Å².